The van der Waals surface area contributed by atoms with Gasteiger partial charge in [0.05, 0.1) is 6.61 Å². The molecule has 2 aromatic carbocycles. The van der Waals surface area contributed by atoms with Gasteiger partial charge in [-0.15, -0.1) is 0 Å². The Morgan fingerprint density at radius 2 is 1.73 bits per heavy atom. The molecule has 5 heteroatoms. The van der Waals surface area contributed by atoms with Crippen LogP contribution in [-0.2, 0) is 16.1 Å². The average molecular weight is 451 g/mol. The molecule has 0 spiro atoms. The van der Waals surface area contributed by atoms with Crippen LogP contribution in [0.2, 0.25) is 0 Å². The predicted molar refractivity (Wildman–Crippen MR) is 132 cm³/mol. The lowest BCUT2D eigenvalue weighted by Gasteiger charge is -2.43. The third kappa shape index (κ3) is 7.62. The molecule has 1 saturated heterocycles. The maximum atomic E-state index is 13.3. The fourth-order valence-corrected chi connectivity index (χ4v) is 4.57. The Hall–Kier alpha value is -2.82. The third-order valence-electron chi connectivity index (χ3n) is 6.51. The quantitative estimate of drug-likeness (QED) is 0.436. The Morgan fingerprint density at radius 1 is 1.03 bits per heavy atom. The lowest BCUT2D eigenvalue weighted by atomic mass is 9.77. The van der Waals surface area contributed by atoms with Gasteiger partial charge in [0.15, 0.2) is 0 Å². The number of nitrogens with zero attached hydrogens (tertiary/aromatic N) is 2. The van der Waals surface area contributed by atoms with E-state index in [1.165, 1.54) is 0 Å². The molecule has 5 nitrogen and oxygen atoms in total. The van der Waals surface area contributed by atoms with Crippen LogP contribution in [0.1, 0.15) is 57.4 Å². The summed E-state index contributed by atoms with van der Waals surface area (Å²) in [5.41, 5.74) is 0.732. The molecule has 0 saturated carbocycles. The first kappa shape index (κ1) is 24.8. The maximum Gasteiger partial charge on any atom is 0.223 e. The van der Waals surface area contributed by atoms with Crippen molar-refractivity contribution >= 4 is 11.8 Å². The molecule has 33 heavy (non-hydrogen) atoms. The zero-order valence-electron chi connectivity index (χ0n) is 20.2. The number of hydrogen-bond acceptors (Lipinski definition) is 3. The highest BCUT2D eigenvalue weighted by Gasteiger charge is 2.40. The van der Waals surface area contributed by atoms with Gasteiger partial charge in [0.25, 0.3) is 0 Å². The molecule has 0 unspecified atom stereocenters. The Kier molecular flexibility index (Phi) is 9.35. The van der Waals surface area contributed by atoms with Gasteiger partial charge in [0, 0.05) is 44.9 Å². The van der Waals surface area contributed by atoms with Crippen LogP contribution in [0.25, 0.3) is 0 Å². The number of hydrogen-bond donors (Lipinski definition) is 0. The predicted octanol–water partition coefficient (Wildman–Crippen LogP) is 5.30. The topological polar surface area (TPSA) is 49.9 Å². The van der Waals surface area contributed by atoms with Crippen LogP contribution >= 0.6 is 0 Å². The summed E-state index contributed by atoms with van der Waals surface area (Å²) < 4.78 is 6.17. The minimum Gasteiger partial charge on any atom is -0.493 e. The number of para-hydroxylation sites is 1. The van der Waals surface area contributed by atoms with Crippen molar-refractivity contribution in [2.75, 3.05) is 26.7 Å². The van der Waals surface area contributed by atoms with E-state index < -0.39 is 0 Å². The first-order valence-corrected chi connectivity index (χ1v) is 12.2. The Labute approximate surface area is 198 Å². The highest BCUT2D eigenvalue weighted by Crippen LogP contribution is 2.35. The molecule has 0 bridgehead atoms. The molecule has 2 amide bonds. The summed E-state index contributed by atoms with van der Waals surface area (Å²) in [4.78, 5) is 29.9. The zero-order valence-corrected chi connectivity index (χ0v) is 20.2. The van der Waals surface area contributed by atoms with E-state index in [0.717, 1.165) is 50.0 Å². The van der Waals surface area contributed by atoms with Crippen molar-refractivity contribution in [2.24, 2.45) is 5.41 Å². The fraction of sp³-hybridized carbons (Fsp3) is 0.500. The summed E-state index contributed by atoms with van der Waals surface area (Å²) in [6.07, 6.45) is 5.84. The molecule has 3 rings (SSSR count). The Balaban J connectivity index is 1.70. The van der Waals surface area contributed by atoms with E-state index in [2.05, 4.69) is 6.92 Å². The average Bonchev–Trinajstić information content (AvgIpc) is 2.84. The summed E-state index contributed by atoms with van der Waals surface area (Å²) in [5, 5.41) is 0. The van der Waals surface area contributed by atoms with Crippen LogP contribution < -0.4 is 4.74 Å². The minimum absolute atomic E-state index is 0.0933. The van der Waals surface area contributed by atoms with Gasteiger partial charge in [-0.3, -0.25) is 9.59 Å². The number of unbranched alkanes of at least 4 members (excludes halogenated alkanes) is 2. The first-order valence-electron chi connectivity index (χ1n) is 12.2. The van der Waals surface area contributed by atoms with Crippen LogP contribution in [-0.4, -0.2) is 48.4 Å². The lowest BCUT2D eigenvalue weighted by molar-refractivity contribution is -0.141. The molecule has 0 aromatic heterocycles. The number of likely N-dealkylation sites (tertiary alicyclic amines) is 1. The molecule has 0 aliphatic carbocycles. The van der Waals surface area contributed by atoms with E-state index in [1.807, 2.05) is 72.6 Å². The molecule has 1 fully saturated rings. The molecular weight excluding hydrogens is 412 g/mol. The summed E-state index contributed by atoms with van der Waals surface area (Å²) in [6, 6.07) is 19.8. The molecular formula is C28H38N2O3. The van der Waals surface area contributed by atoms with Crippen molar-refractivity contribution < 1.29 is 14.3 Å². The Morgan fingerprint density at radius 3 is 2.42 bits per heavy atom. The minimum atomic E-state index is -0.378. The third-order valence-corrected chi connectivity index (χ3v) is 6.51. The van der Waals surface area contributed by atoms with E-state index in [1.54, 1.807) is 4.90 Å². The van der Waals surface area contributed by atoms with Gasteiger partial charge in [-0.05, 0) is 37.0 Å². The maximum absolute atomic E-state index is 13.3. The van der Waals surface area contributed by atoms with Gasteiger partial charge in [0.2, 0.25) is 11.8 Å². The van der Waals surface area contributed by atoms with Crippen molar-refractivity contribution in [1.29, 1.82) is 0 Å². The molecule has 1 heterocycles. The normalized spacial score (nSPS) is 18.1. The standard InChI is InChI=1S/C28H38N2O3/c1-3-4-7-17-26(31)30-19-12-18-28(22-30,23-33-25-15-10-6-11-16-25)20-27(32)29(2)21-24-13-8-5-9-14-24/h5-6,8-11,13-16H,3-4,7,12,17-23H2,1-2H3/t28-/m0/s1. The van der Waals surface area contributed by atoms with Crippen LogP contribution in [0, 0.1) is 5.41 Å². The van der Waals surface area contributed by atoms with Crippen LogP contribution in [0.5, 0.6) is 5.75 Å². The number of ether oxygens (including phenoxy) is 1. The van der Waals surface area contributed by atoms with Crippen molar-refractivity contribution in [2.45, 2.75) is 58.4 Å². The molecule has 178 valence electrons. The van der Waals surface area contributed by atoms with Gasteiger partial charge in [0.1, 0.15) is 5.75 Å². The zero-order chi connectivity index (χ0) is 23.5. The molecule has 1 aliphatic heterocycles. The number of carbonyl (C=O) groups excluding carboxylic acids is 2. The molecule has 0 radical (unpaired) electrons. The highest BCUT2D eigenvalue weighted by atomic mass is 16.5. The second-order valence-electron chi connectivity index (χ2n) is 9.39. The van der Waals surface area contributed by atoms with Crippen molar-refractivity contribution in [3.63, 3.8) is 0 Å². The van der Waals surface area contributed by atoms with E-state index >= 15 is 0 Å². The SMILES string of the molecule is CCCCCC(=O)N1CCC[C@](COc2ccccc2)(CC(=O)N(C)Cc2ccccc2)C1. The largest absolute Gasteiger partial charge is 0.493 e. The smallest absolute Gasteiger partial charge is 0.223 e. The van der Waals surface area contributed by atoms with E-state index in [0.29, 0.717) is 32.5 Å². The first-order chi connectivity index (χ1) is 16.0. The number of rotatable bonds is 11. The molecule has 0 N–H and O–H groups in total. The number of amides is 2. The lowest BCUT2D eigenvalue weighted by Crippen LogP contribution is -2.50. The molecule has 2 aromatic rings. The van der Waals surface area contributed by atoms with Crippen LogP contribution in [0.4, 0.5) is 0 Å². The monoisotopic (exact) mass is 450 g/mol. The summed E-state index contributed by atoms with van der Waals surface area (Å²) in [5.74, 6) is 1.10. The van der Waals surface area contributed by atoms with Gasteiger partial charge in [-0.1, -0.05) is 68.3 Å². The van der Waals surface area contributed by atoms with Crippen LogP contribution in [0.3, 0.4) is 0 Å². The van der Waals surface area contributed by atoms with E-state index in [9.17, 15) is 9.59 Å². The fourth-order valence-electron chi connectivity index (χ4n) is 4.57. The second kappa shape index (κ2) is 12.4. The van der Waals surface area contributed by atoms with Gasteiger partial charge >= 0.3 is 0 Å². The van der Waals surface area contributed by atoms with Gasteiger partial charge < -0.3 is 14.5 Å². The summed E-state index contributed by atoms with van der Waals surface area (Å²) in [6.45, 7) is 4.51. The number of piperidine rings is 1. The van der Waals surface area contributed by atoms with Crippen molar-refractivity contribution in [3.05, 3.63) is 66.2 Å². The van der Waals surface area contributed by atoms with Crippen molar-refractivity contribution in [3.8, 4) is 5.75 Å². The van der Waals surface area contributed by atoms with Crippen LogP contribution in [0.15, 0.2) is 60.7 Å². The molecule has 1 aliphatic rings. The van der Waals surface area contributed by atoms with E-state index in [4.69, 9.17) is 4.74 Å². The molecule has 1 atom stereocenters. The summed E-state index contributed by atoms with van der Waals surface area (Å²) >= 11 is 0. The second-order valence-corrected chi connectivity index (χ2v) is 9.39. The van der Waals surface area contributed by atoms with Crippen molar-refractivity contribution in [1.82, 2.24) is 9.80 Å². The van der Waals surface area contributed by atoms with Gasteiger partial charge in [-0.25, -0.2) is 0 Å². The van der Waals surface area contributed by atoms with E-state index in [-0.39, 0.29) is 17.2 Å². The number of benzene rings is 2. The number of carbonyl (C=O) groups is 2. The summed E-state index contributed by atoms with van der Waals surface area (Å²) in [7, 11) is 1.86. The Bertz CT molecular complexity index is 871. The highest BCUT2D eigenvalue weighted by molar-refractivity contribution is 5.78. The van der Waals surface area contributed by atoms with Gasteiger partial charge in [-0.2, -0.15) is 0 Å².